The minimum atomic E-state index is -0.397. The quantitative estimate of drug-likeness (QED) is 0.480. The monoisotopic (exact) mass is 536 g/mol. The lowest BCUT2D eigenvalue weighted by Crippen LogP contribution is -2.45. The number of carbonyl (C=O) groups is 2. The molecule has 1 fully saturated rings. The molecule has 0 radical (unpaired) electrons. The zero-order valence-corrected chi connectivity index (χ0v) is 20.5. The van der Waals surface area contributed by atoms with E-state index >= 15 is 0 Å². The molecule has 2 amide bonds. The van der Waals surface area contributed by atoms with Crippen LogP contribution in [0.2, 0.25) is 0 Å². The van der Waals surface area contributed by atoms with Gasteiger partial charge in [0, 0.05) is 49.5 Å². The summed E-state index contributed by atoms with van der Waals surface area (Å²) in [6, 6.07) is 12.9. The molecule has 2 aliphatic rings. The van der Waals surface area contributed by atoms with Gasteiger partial charge in [-0.15, -0.1) is 0 Å². The van der Waals surface area contributed by atoms with E-state index in [1.165, 1.54) is 6.20 Å². The zero-order chi connectivity index (χ0) is 24.2. The van der Waals surface area contributed by atoms with Gasteiger partial charge in [0.25, 0.3) is 5.91 Å². The Labute approximate surface area is 211 Å². The number of amides is 2. The molecule has 2 unspecified atom stereocenters. The van der Waals surface area contributed by atoms with Gasteiger partial charge in [-0.3, -0.25) is 24.5 Å². The summed E-state index contributed by atoms with van der Waals surface area (Å²) in [7, 11) is 0. The molecule has 180 valence electrons. The number of pyridine rings is 2. The summed E-state index contributed by atoms with van der Waals surface area (Å²) in [6.45, 7) is 1.46. The predicted molar refractivity (Wildman–Crippen MR) is 135 cm³/mol. The van der Waals surface area contributed by atoms with E-state index in [0.29, 0.717) is 38.0 Å². The number of benzene rings is 1. The number of para-hydroxylation sites is 1. The molecule has 2 N–H and O–H groups in total. The molecule has 5 rings (SSSR count). The second-order valence-electron chi connectivity index (χ2n) is 8.77. The van der Waals surface area contributed by atoms with Crippen LogP contribution < -0.4 is 10.6 Å². The lowest BCUT2D eigenvalue weighted by atomic mass is 10.1. The minimum Gasteiger partial charge on any atom is -0.390 e. The largest absolute Gasteiger partial charge is 0.390 e. The average molecular weight is 537 g/mol. The van der Waals surface area contributed by atoms with Crippen molar-refractivity contribution in [1.29, 1.82) is 0 Å². The van der Waals surface area contributed by atoms with E-state index < -0.39 is 6.04 Å². The molecule has 0 saturated carbocycles. The first-order valence-corrected chi connectivity index (χ1v) is 12.3. The highest BCUT2D eigenvalue weighted by molar-refractivity contribution is 9.18. The van der Waals surface area contributed by atoms with Crippen molar-refractivity contribution < 1.29 is 14.4 Å². The Kier molecular flexibility index (Phi) is 7.01. The van der Waals surface area contributed by atoms with E-state index in [9.17, 15) is 9.59 Å². The summed E-state index contributed by atoms with van der Waals surface area (Å²) in [6.07, 6.45) is 5.96. The van der Waals surface area contributed by atoms with Crippen LogP contribution in [0.4, 0.5) is 0 Å². The Morgan fingerprint density at radius 2 is 2.06 bits per heavy atom. The normalized spacial score (nSPS) is 22.0. The van der Waals surface area contributed by atoms with Crippen molar-refractivity contribution >= 4 is 43.3 Å². The number of hydrogen-bond donors (Lipinski definition) is 2. The number of rotatable bonds is 7. The maximum absolute atomic E-state index is 13.2. The van der Waals surface area contributed by atoms with Gasteiger partial charge >= 0.3 is 0 Å². The summed E-state index contributed by atoms with van der Waals surface area (Å²) in [5.74, 6) is -0.290. The summed E-state index contributed by atoms with van der Waals surface area (Å²) in [5.41, 5.74) is 2.44. The van der Waals surface area contributed by atoms with Crippen LogP contribution in [0, 0.1) is 0 Å². The number of oxime groups is 1. The van der Waals surface area contributed by atoms with Gasteiger partial charge in [-0.25, -0.2) is 0 Å². The van der Waals surface area contributed by atoms with E-state index in [1.807, 2.05) is 30.5 Å². The average Bonchev–Trinajstić information content (AvgIpc) is 3.48. The van der Waals surface area contributed by atoms with Gasteiger partial charge in [-0.2, -0.15) is 0 Å². The Hall–Kier alpha value is -3.37. The van der Waals surface area contributed by atoms with Crippen LogP contribution in [-0.4, -0.2) is 62.6 Å². The van der Waals surface area contributed by atoms with Gasteiger partial charge in [0.1, 0.15) is 4.62 Å². The standard InChI is InChI=1S/C25H25BrN6O3/c26-23-10-20(35-31-23)13-29-25(34)22-9-19(30-24(33)18-5-3-7-27-12-18)15-32(22)14-16-8-17-4-1-2-6-21(17)28-11-16/h1-8,11-12,19-20,22H,9-10,13-15H2,(H,29,34)(H,30,33)/t19?,20-,22?/m0/s1. The van der Waals surface area contributed by atoms with Crippen molar-refractivity contribution in [1.82, 2.24) is 25.5 Å². The summed E-state index contributed by atoms with van der Waals surface area (Å²) in [4.78, 5) is 41.9. The molecule has 3 aromatic rings. The van der Waals surface area contributed by atoms with Crippen LogP contribution in [0.25, 0.3) is 10.9 Å². The van der Waals surface area contributed by atoms with Crippen LogP contribution >= 0.6 is 15.9 Å². The number of hydrogen-bond acceptors (Lipinski definition) is 7. The second kappa shape index (κ2) is 10.5. The van der Waals surface area contributed by atoms with Crippen LogP contribution in [0.15, 0.2) is 66.2 Å². The van der Waals surface area contributed by atoms with E-state index in [4.69, 9.17) is 4.84 Å². The number of nitrogens with one attached hydrogen (secondary N) is 2. The molecule has 3 atom stereocenters. The van der Waals surface area contributed by atoms with Crippen molar-refractivity contribution in [2.24, 2.45) is 5.16 Å². The van der Waals surface area contributed by atoms with Gasteiger partial charge in [-0.05, 0) is 52.2 Å². The van der Waals surface area contributed by atoms with Gasteiger partial charge in [-0.1, -0.05) is 23.4 Å². The van der Waals surface area contributed by atoms with Crippen molar-refractivity contribution in [3.8, 4) is 0 Å². The highest BCUT2D eigenvalue weighted by Gasteiger charge is 2.38. The highest BCUT2D eigenvalue weighted by atomic mass is 79.9. The smallest absolute Gasteiger partial charge is 0.253 e. The molecule has 35 heavy (non-hydrogen) atoms. The number of fused-ring (bicyclic) bond motifs is 1. The van der Waals surface area contributed by atoms with Crippen molar-refractivity contribution in [2.45, 2.75) is 37.6 Å². The van der Waals surface area contributed by atoms with Gasteiger partial charge in [0.05, 0.1) is 23.7 Å². The van der Waals surface area contributed by atoms with E-state index in [-0.39, 0.29) is 24.0 Å². The Bertz CT molecular complexity index is 1250. The number of aromatic nitrogens is 2. The van der Waals surface area contributed by atoms with Crippen LogP contribution in [0.3, 0.4) is 0 Å². The number of carbonyl (C=O) groups excluding carboxylic acids is 2. The molecular weight excluding hydrogens is 512 g/mol. The second-order valence-corrected chi connectivity index (χ2v) is 9.69. The summed E-state index contributed by atoms with van der Waals surface area (Å²) in [5, 5.41) is 11.0. The van der Waals surface area contributed by atoms with Crippen molar-refractivity contribution in [3.63, 3.8) is 0 Å². The SMILES string of the molecule is O=C(NC1CC(C(=O)NC[C@@H]2CC(Br)=NO2)N(Cc2cnc3ccccc3c2)C1)c1cccnc1. The molecule has 0 aliphatic carbocycles. The first kappa shape index (κ1) is 23.4. The van der Waals surface area contributed by atoms with Crippen LogP contribution in [0.5, 0.6) is 0 Å². The molecule has 0 spiro atoms. The first-order valence-electron chi connectivity index (χ1n) is 11.5. The lowest BCUT2D eigenvalue weighted by molar-refractivity contribution is -0.126. The highest BCUT2D eigenvalue weighted by Crippen LogP contribution is 2.23. The van der Waals surface area contributed by atoms with E-state index in [0.717, 1.165) is 21.1 Å². The fraction of sp³-hybridized carbons (Fsp3) is 0.320. The molecule has 1 saturated heterocycles. The summed E-state index contributed by atoms with van der Waals surface area (Å²) < 4.78 is 0.737. The Morgan fingerprint density at radius 1 is 1.17 bits per heavy atom. The molecule has 9 nitrogen and oxygen atoms in total. The van der Waals surface area contributed by atoms with Gasteiger partial charge < -0.3 is 15.5 Å². The Morgan fingerprint density at radius 3 is 2.86 bits per heavy atom. The maximum Gasteiger partial charge on any atom is 0.253 e. The molecule has 0 bridgehead atoms. The van der Waals surface area contributed by atoms with Crippen LogP contribution in [0.1, 0.15) is 28.8 Å². The fourth-order valence-corrected chi connectivity index (χ4v) is 4.94. The molecular formula is C25H25BrN6O3. The zero-order valence-electron chi connectivity index (χ0n) is 18.9. The Balaban J connectivity index is 1.29. The third kappa shape index (κ3) is 5.66. The van der Waals surface area contributed by atoms with Gasteiger partial charge in [0.2, 0.25) is 5.91 Å². The van der Waals surface area contributed by atoms with Crippen LogP contribution in [-0.2, 0) is 16.2 Å². The van der Waals surface area contributed by atoms with Crippen molar-refractivity contribution in [3.05, 3.63) is 72.2 Å². The van der Waals surface area contributed by atoms with E-state index in [1.54, 1.807) is 18.3 Å². The molecule has 2 aliphatic heterocycles. The molecule has 4 heterocycles. The minimum absolute atomic E-state index is 0.0940. The number of halogens is 1. The van der Waals surface area contributed by atoms with Gasteiger partial charge in [0.15, 0.2) is 6.10 Å². The topological polar surface area (TPSA) is 109 Å². The predicted octanol–water partition coefficient (Wildman–Crippen LogP) is 2.62. The number of nitrogens with zero attached hydrogens (tertiary/aromatic N) is 4. The third-order valence-electron chi connectivity index (χ3n) is 6.20. The maximum atomic E-state index is 13.2. The lowest BCUT2D eigenvalue weighted by Gasteiger charge is -2.24. The van der Waals surface area contributed by atoms with E-state index in [2.05, 4.69) is 52.7 Å². The molecule has 2 aromatic heterocycles. The van der Waals surface area contributed by atoms with Crippen molar-refractivity contribution in [2.75, 3.05) is 13.1 Å². The summed E-state index contributed by atoms with van der Waals surface area (Å²) >= 11 is 3.32. The third-order valence-corrected chi connectivity index (χ3v) is 6.67. The number of likely N-dealkylation sites (tertiary alicyclic amines) is 1. The first-order chi connectivity index (χ1) is 17.0. The fourth-order valence-electron chi connectivity index (χ4n) is 4.49. The molecule has 10 heteroatoms. The molecule has 1 aromatic carbocycles.